The minimum Gasteiger partial charge on any atom is -0.469 e. The van der Waals surface area contributed by atoms with Crippen LogP contribution in [0.25, 0.3) is 0 Å². The SMILES string of the molecule is COC(=O)CC(C)S(=O)(=O)c1cccc(C(F)(F)F)c1. The molecule has 1 rings (SSSR count). The predicted octanol–water partition coefficient (Wildman–Crippen LogP) is 2.43. The Bertz CT molecular complexity index is 593. The number of esters is 1. The molecule has 4 nitrogen and oxygen atoms in total. The number of sulfone groups is 1. The van der Waals surface area contributed by atoms with Crippen molar-refractivity contribution in [2.24, 2.45) is 0 Å². The highest BCUT2D eigenvalue weighted by Gasteiger charge is 2.33. The molecule has 0 N–H and O–H groups in total. The average Bonchev–Trinajstić information content (AvgIpc) is 2.37. The zero-order valence-electron chi connectivity index (χ0n) is 10.8. The second kappa shape index (κ2) is 5.82. The summed E-state index contributed by atoms with van der Waals surface area (Å²) in [6.45, 7) is 1.24. The minimum absolute atomic E-state index is 0.422. The Morgan fingerprint density at radius 2 is 1.95 bits per heavy atom. The molecule has 0 fully saturated rings. The first-order valence-corrected chi connectivity index (χ1v) is 7.11. The van der Waals surface area contributed by atoms with Gasteiger partial charge < -0.3 is 4.74 Å². The van der Waals surface area contributed by atoms with Crippen LogP contribution in [0.15, 0.2) is 29.2 Å². The summed E-state index contributed by atoms with van der Waals surface area (Å²) in [4.78, 5) is 10.6. The number of rotatable bonds is 4. The summed E-state index contributed by atoms with van der Waals surface area (Å²) in [5, 5.41) is -1.17. The Balaban J connectivity index is 3.13. The molecule has 8 heteroatoms. The molecule has 0 spiro atoms. The molecular formula is C12H13F3O4S. The van der Waals surface area contributed by atoms with E-state index in [4.69, 9.17) is 0 Å². The van der Waals surface area contributed by atoms with E-state index in [9.17, 15) is 26.4 Å². The summed E-state index contributed by atoms with van der Waals surface area (Å²) < 4.78 is 66.2. The Labute approximate surface area is 114 Å². The highest BCUT2D eigenvalue weighted by Crippen LogP contribution is 2.31. The van der Waals surface area contributed by atoms with Crippen molar-refractivity contribution in [3.8, 4) is 0 Å². The maximum atomic E-state index is 12.6. The van der Waals surface area contributed by atoms with Crippen LogP contribution in [0.3, 0.4) is 0 Å². The first kappa shape index (κ1) is 16.5. The van der Waals surface area contributed by atoms with Gasteiger partial charge in [-0.05, 0) is 25.1 Å². The van der Waals surface area contributed by atoms with Crippen LogP contribution in [0.5, 0.6) is 0 Å². The maximum absolute atomic E-state index is 12.6. The van der Waals surface area contributed by atoms with Crippen molar-refractivity contribution >= 4 is 15.8 Å². The van der Waals surface area contributed by atoms with Crippen LogP contribution in [0.2, 0.25) is 0 Å². The summed E-state index contributed by atoms with van der Waals surface area (Å²) >= 11 is 0. The minimum atomic E-state index is -4.63. The first-order chi connectivity index (χ1) is 9.09. The van der Waals surface area contributed by atoms with Gasteiger partial charge in [-0.3, -0.25) is 4.79 Å². The molecule has 0 aliphatic heterocycles. The van der Waals surface area contributed by atoms with Gasteiger partial charge in [-0.15, -0.1) is 0 Å². The average molecular weight is 310 g/mol. The van der Waals surface area contributed by atoms with Crippen LogP contribution in [0, 0.1) is 0 Å². The summed E-state index contributed by atoms with van der Waals surface area (Å²) in [6, 6.07) is 3.42. The highest BCUT2D eigenvalue weighted by atomic mass is 32.2. The standard InChI is InChI=1S/C12H13F3O4S/c1-8(6-11(16)19-2)20(17,18)10-5-3-4-9(7-10)12(13,14)15/h3-5,7-8H,6H2,1-2H3. The zero-order chi connectivity index (χ0) is 15.6. The molecule has 0 radical (unpaired) electrons. The third kappa shape index (κ3) is 3.72. The smallest absolute Gasteiger partial charge is 0.416 e. The molecule has 0 aliphatic carbocycles. The van der Waals surface area contributed by atoms with E-state index in [2.05, 4.69) is 4.74 Å². The van der Waals surface area contributed by atoms with E-state index < -0.39 is 44.1 Å². The molecule has 0 aliphatic rings. The van der Waals surface area contributed by atoms with Gasteiger partial charge in [-0.1, -0.05) is 6.07 Å². The van der Waals surface area contributed by atoms with Crippen molar-refractivity contribution in [1.82, 2.24) is 0 Å². The third-order valence-corrected chi connectivity index (χ3v) is 4.84. The Hall–Kier alpha value is -1.57. The number of carbonyl (C=O) groups is 1. The number of ether oxygens (including phenoxy) is 1. The summed E-state index contributed by atoms with van der Waals surface area (Å²) in [6.07, 6.45) is -5.05. The van der Waals surface area contributed by atoms with Gasteiger partial charge in [0.05, 0.1) is 29.2 Å². The second-order valence-electron chi connectivity index (χ2n) is 4.16. The fourth-order valence-corrected chi connectivity index (χ4v) is 2.89. The van der Waals surface area contributed by atoms with E-state index in [1.54, 1.807) is 0 Å². The highest BCUT2D eigenvalue weighted by molar-refractivity contribution is 7.92. The van der Waals surface area contributed by atoms with Crippen LogP contribution in [-0.2, 0) is 25.5 Å². The molecule has 1 unspecified atom stereocenters. The molecule has 0 aromatic heterocycles. The molecule has 1 atom stereocenters. The molecule has 1 aromatic rings. The van der Waals surface area contributed by atoms with Gasteiger partial charge in [0.15, 0.2) is 9.84 Å². The lowest BCUT2D eigenvalue weighted by Crippen LogP contribution is -2.22. The van der Waals surface area contributed by atoms with Crippen LogP contribution < -0.4 is 0 Å². The summed E-state index contributed by atoms with van der Waals surface area (Å²) in [5.41, 5.74) is -1.05. The lowest BCUT2D eigenvalue weighted by Gasteiger charge is -2.13. The van der Waals surface area contributed by atoms with Crippen LogP contribution in [0.1, 0.15) is 18.9 Å². The van der Waals surface area contributed by atoms with Gasteiger partial charge in [0.25, 0.3) is 0 Å². The van der Waals surface area contributed by atoms with E-state index >= 15 is 0 Å². The molecule has 20 heavy (non-hydrogen) atoms. The molecule has 0 bridgehead atoms. The lowest BCUT2D eigenvalue weighted by molar-refractivity contribution is -0.140. The van der Waals surface area contributed by atoms with Crippen molar-refractivity contribution in [1.29, 1.82) is 0 Å². The van der Waals surface area contributed by atoms with E-state index in [-0.39, 0.29) is 0 Å². The summed E-state index contributed by atoms with van der Waals surface area (Å²) in [5.74, 6) is -0.743. The Morgan fingerprint density at radius 3 is 2.45 bits per heavy atom. The van der Waals surface area contributed by atoms with Gasteiger partial charge in [0, 0.05) is 0 Å². The van der Waals surface area contributed by atoms with Crippen molar-refractivity contribution in [2.75, 3.05) is 7.11 Å². The van der Waals surface area contributed by atoms with Crippen LogP contribution >= 0.6 is 0 Å². The lowest BCUT2D eigenvalue weighted by atomic mass is 10.2. The number of halogens is 3. The van der Waals surface area contributed by atoms with E-state index in [1.165, 1.54) is 6.92 Å². The van der Waals surface area contributed by atoms with Gasteiger partial charge in [-0.2, -0.15) is 13.2 Å². The fourth-order valence-electron chi connectivity index (χ4n) is 1.51. The molecule has 112 valence electrons. The fraction of sp³-hybridized carbons (Fsp3) is 0.417. The third-order valence-electron chi connectivity index (χ3n) is 2.70. The summed E-state index contributed by atoms with van der Waals surface area (Å²) in [7, 11) is -2.92. The topological polar surface area (TPSA) is 60.4 Å². The monoisotopic (exact) mass is 310 g/mol. The normalized spacial score (nSPS) is 13.8. The number of alkyl halides is 3. The second-order valence-corrected chi connectivity index (χ2v) is 6.53. The quantitative estimate of drug-likeness (QED) is 0.801. The Morgan fingerprint density at radius 1 is 1.35 bits per heavy atom. The van der Waals surface area contributed by atoms with E-state index in [0.717, 1.165) is 25.3 Å². The molecule has 0 saturated carbocycles. The van der Waals surface area contributed by atoms with E-state index in [1.807, 2.05) is 0 Å². The molecule has 0 saturated heterocycles. The predicted molar refractivity (Wildman–Crippen MR) is 64.7 cm³/mol. The Kier molecular flexibility index (Phi) is 4.80. The molecule has 0 heterocycles. The number of hydrogen-bond acceptors (Lipinski definition) is 4. The number of benzene rings is 1. The first-order valence-electron chi connectivity index (χ1n) is 5.57. The van der Waals surface area contributed by atoms with Crippen molar-refractivity contribution in [2.45, 2.75) is 29.7 Å². The number of methoxy groups -OCH3 is 1. The maximum Gasteiger partial charge on any atom is 0.416 e. The largest absolute Gasteiger partial charge is 0.469 e. The molecule has 0 amide bonds. The zero-order valence-corrected chi connectivity index (χ0v) is 11.6. The van der Waals surface area contributed by atoms with Gasteiger partial charge in [0.2, 0.25) is 0 Å². The van der Waals surface area contributed by atoms with Gasteiger partial charge in [0.1, 0.15) is 0 Å². The van der Waals surface area contributed by atoms with Crippen molar-refractivity contribution in [3.05, 3.63) is 29.8 Å². The molecule has 1 aromatic carbocycles. The number of carbonyl (C=O) groups excluding carboxylic acids is 1. The van der Waals surface area contributed by atoms with Gasteiger partial charge >= 0.3 is 12.1 Å². The van der Waals surface area contributed by atoms with Crippen LogP contribution in [-0.4, -0.2) is 26.7 Å². The van der Waals surface area contributed by atoms with Crippen molar-refractivity contribution < 1.29 is 31.1 Å². The van der Waals surface area contributed by atoms with Gasteiger partial charge in [-0.25, -0.2) is 8.42 Å². The number of hydrogen-bond donors (Lipinski definition) is 0. The molecular weight excluding hydrogens is 297 g/mol. The van der Waals surface area contributed by atoms with E-state index in [0.29, 0.717) is 6.07 Å². The van der Waals surface area contributed by atoms with Crippen molar-refractivity contribution in [3.63, 3.8) is 0 Å². The van der Waals surface area contributed by atoms with Crippen LogP contribution in [0.4, 0.5) is 13.2 Å².